The van der Waals surface area contributed by atoms with Gasteiger partial charge in [-0.15, -0.1) is 0 Å². The highest BCUT2D eigenvalue weighted by Crippen LogP contribution is 2.37. The van der Waals surface area contributed by atoms with E-state index in [1.54, 1.807) is 0 Å². The van der Waals surface area contributed by atoms with Crippen molar-refractivity contribution in [2.24, 2.45) is 0 Å². The van der Waals surface area contributed by atoms with Crippen LogP contribution in [0.2, 0.25) is 0 Å². The molecule has 0 aliphatic carbocycles. The van der Waals surface area contributed by atoms with Gasteiger partial charge in [0.2, 0.25) is 10.0 Å². The lowest BCUT2D eigenvalue weighted by Gasteiger charge is -2.27. The summed E-state index contributed by atoms with van der Waals surface area (Å²) in [5.74, 6) is -0.982. The Morgan fingerprint density at radius 2 is 1.52 bits per heavy atom. The number of nitrogens with one attached hydrogen (secondary N) is 1. The number of hydroxylamine groups is 1. The van der Waals surface area contributed by atoms with Gasteiger partial charge in [-0.05, 0) is 55.0 Å². The van der Waals surface area contributed by atoms with Crippen molar-refractivity contribution in [3.8, 4) is 5.75 Å². The molecule has 0 saturated carbocycles. The minimum Gasteiger partial charge on any atom is -0.497 e. The first-order valence-corrected chi connectivity index (χ1v) is 10.4. The summed E-state index contributed by atoms with van der Waals surface area (Å²) < 4.78 is 111. The molecule has 2 aromatic carbocycles. The van der Waals surface area contributed by atoms with Crippen molar-refractivity contribution in [3.05, 3.63) is 59.2 Å². The van der Waals surface area contributed by atoms with Gasteiger partial charge in [0.1, 0.15) is 11.8 Å². The molecule has 0 aliphatic heterocycles. The predicted molar refractivity (Wildman–Crippen MR) is 102 cm³/mol. The summed E-state index contributed by atoms with van der Waals surface area (Å²) in [4.78, 5) is 11.5. The van der Waals surface area contributed by atoms with E-state index in [4.69, 9.17) is 9.94 Å². The van der Waals surface area contributed by atoms with Crippen molar-refractivity contribution in [2.75, 3.05) is 7.11 Å². The summed E-state index contributed by atoms with van der Waals surface area (Å²) >= 11 is 0. The van der Waals surface area contributed by atoms with Crippen molar-refractivity contribution in [1.82, 2.24) is 9.79 Å². The summed E-state index contributed by atoms with van der Waals surface area (Å²) in [5.41, 5.74) is -2.75. The number of sulfonamides is 1. The first-order chi connectivity index (χ1) is 15.1. The zero-order valence-electron chi connectivity index (χ0n) is 17.0. The average molecular weight is 500 g/mol. The Balaban J connectivity index is 2.63. The van der Waals surface area contributed by atoms with Crippen molar-refractivity contribution in [1.29, 1.82) is 0 Å². The lowest BCUT2D eigenvalue weighted by molar-refractivity contribution is -0.143. The first-order valence-electron chi connectivity index (χ1n) is 8.99. The van der Waals surface area contributed by atoms with Gasteiger partial charge in [-0.3, -0.25) is 10.0 Å². The van der Waals surface area contributed by atoms with Crippen LogP contribution in [0.1, 0.15) is 23.6 Å². The number of rotatable bonds is 7. The Labute approximate surface area is 184 Å². The molecule has 0 spiro atoms. The van der Waals surface area contributed by atoms with Gasteiger partial charge in [0.25, 0.3) is 5.91 Å². The Morgan fingerprint density at radius 3 is 1.91 bits per heavy atom. The Bertz CT molecular complexity index is 1070. The summed E-state index contributed by atoms with van der Waals surface area (Å²) in [7, 11) is -3.32. The standard InChI is InChI=1S/C19H18F6N2O5S/c1-11(17(28)26-29)27(33(30,31)16-5-3-15(32-2)4-6-16)10-12-7-13(18(20,21)22)9-14(8-12)19(23,24)25/h3-9,11,29H,10H2,1-2H3,(H,26,28)/t11-/m1/s1. The number of carbonyl (C=O) groups excluding carboxylic acids is 1. The second kappa shape index (κ2) is 9.57. The van der Waals surface area contributed by atoms with Crippen molar-refractivity contribution in [2.45, 2.75) is 36.8 Å². The van der Waals surface area contributed by atoms with E-state index in [0.29, 0.717) is 16.4 Å². The molecule has 33 heavy (non-hydrogen) atoms. The van der Waals surface area contributed by atoms with Gasteiger partial charge in [0.15, 0.2) is 0 Å². The topological polar surface area (TPSA) is 95.9 Å². The Morgan fingerprint density at radius 1 is 1.03 bits per heavy atom. The van der Waals surface area contributed by atoms with Crippen molar-refractivity contribution >= 4 is 15.9 Å². The van der Waals surface area contributed by atoms with Gasteiger partial charge in [0, 0.05) is 6.54 Å². The van der Waals surface area contributed by atoms with Crippen LogP contribution in [0.5, 0.6) is 5.75 Å². The number of nitrogens with zero attached hydrogens (tertiary/aromatic N) is 1. The van der Waals surface area contributed by atoms with Crippen LogP contribution in [0.15, 0.2) is 47.4 Å². The van der Waals surface area contributed by atoms with Crippen LogP contribution in [0.3, 0.4) is 0 Å². The number of hydrogen-bond donors (Lipinski definition) is 2. The lowest BCUT2D eigenvalue weighted by atomic mass is 10.0. The smallest absolute Gasteiger partial charge is 0.416 e. The summed E-state index contributed by atoms with van der Waals surface area (Å²) in [5, 5.41) is 8.89. The van der Waals surface area contributed by atoms with Gasteiger partial charge in [-0.25, -0.2) is 13.9 Å². The van der Waals surface area contributed by atoms with Gasteiger partial charge in [-0.2, -0.15) is 30.6 Å². The fourth-order valence-corrected chi connectivity index (χ4v) is 4.41. The SMILES string of the molecule is COc1ccc(S(=O)(=O)N(Cc2cc(C(F)(F)F)cc(C(F)(F)F)c2)[C@H](C)C(=O)NO)cc1. The van der Waals surface area contributed by atoms with Crippen LogP contribution in [0.4, 0.5) is 26.3 Å². The van der Waals surface area contributed by atoms with Gasteiger partial charge < -0.3 is 4.74 Å². The van der Waals surface area contributed by atoms with Crippen LogP contribution in [-0.4, -0.2) is 37.0 Å². The van der Waals surface area contributed by atoms with Crippen LogP contribution in [0, 0.1) is 0 Å². The van der Waals surface area contributed by atoms with Gasteiger partial charge >= 0.3 is 12.4 Å². The molecular formula is C19H18F6N2O5S. The maximum atomic E-state index is 13.2. The Kier molecular flexibility index (Phi) is 7.66. The molecule has 1 amide bonds. The third-order valence-corrected chi connectivity index (χ3v) is 6.50. The van der Waals surface area contributed by atoms with E-state index in [9.17, 15) is 39.6 Å². The van der Waals surface area contributed by atoms with Crippen LogP contribution in [0.25, 0.3) is 0 Å². The van der Waals surface area contributed by atoms with Crippen LogP contribution < -0.4 is 10.2 Å². The number of alkyl halides is 6. The largest absolute Gasteiger partial charge is 0.497 e. The number of carbonyl (C=O) groups is 1. The van der Waals surface area contributed by atoms with Crippen molar-refractivity contribution < 1.29 is 49.5 Å². The zero-order chi connectivity index (χ0) is 25.2. The maximum absolute atomic E-state index is 13.2. The molecule has 0 aliphatic rings. The molecule has 182 valence electrons. The molecule has 0 saturated heterocycles. The van der Waals surface area contributed by atoms with E-state index in [-0.39, 0.29) is 11.8 Å². The van der Waals surface area contributed by atoms with Gasteiger partial charge in [0.05, 0.1) is 23.1 Å². The summed E-state index contributed by atoms with van der Waals surface area (Å²) in [6.45, 7) is -0.0269. The van der Waals surface area contributed by atoms with E-state index in [1.807, 2.05) is 0 Å². The lowest BCUT2D eigenvalue weighted by Crippen LogP contribution is -2.46. The number of hydrogen-bond acceptors (Lipinski definition) is 5. The molecule has 14 heteroatoms. The van der Waals surface area contributed by atoms with Gasteiger partial charge in [-0.1, -0.05) is 0 Å². The van der Waals surface area contributed by atoms with Crippen molar-refractivity contribution in [3.63, 3.8) is 0 Å². The highest BCUT2D eigenvalue weighted by atomic mass is 32.2. The Hall–Kier alpha value is -2.84. The second-order valence-corrected chi connectivity index (χ2v) is 8.68. The molecule has 7 nitrogen and oxygen atoms in total. The predicted octanol–water partition coefficient (Wildman–Crippen LogP) is 3.82. The molecule has 2 aromatic rings. The van der Waals surface area contributed by atoms with E-state index >= 15 is 0 Å². The van der Waals surface area contributed by atoms with E-state index in [2.05, 4.69) is 0 Å². The minimum absolute atomic E-state index is 0.102. The maximum Gasteiger partial charge on any atom is 0.416 e. The number of ether oxygens (including phenoxy) is 1. The monoisotopic (exact) mass is 500 g/mol. The van der Waals surface area contributed by atoms with Crippen LogP contribution >= 0.6 is 0 Å². The minimum atomic E-state index is -5.15. The molecule has 0 bridgehead atoms. The number of methoxy groups -OCH3 is 1. The van der Waals surface area contributed by atoms with E-state index < -0.39 is 62.5 Å². The molecule has 0 radical (unpaired) electrons. The quantitative estimate of drug-likeness (QED) is 0.343. The highest BCUT2D eigenvalue weighted by molar-refractivity contribution is 7.89. The third-order valence-electron chi connectivity index (χ3n) is 4.57. The average Bonchev–Trinajstić information content (AvgIpc) is 2.74. The molecule has 0 aromatic heterocycles. The molecule has 0 heterocycles. The number of halogens is 6. The van der Waals surface area contributed by atoms with Crippen LogP contribution in [-0.2, 0) is 33.7 Å². The molecule has 2 rings (SSSR count). The second-order valence-electron chi connectivity index (χ2n) is 6.79. The fourth-order valence-electron chi connectivity index (χ4n) is 2.83. The summed E-state index contributed by atoms with van der Waals surface area (Å²) in [6, 6.07) is 3.59. The summed E-state index contributed by atoms with van der Waals surface area (Å²) in [6.07, 6.45) is -10.3. The first kappa shape index (κ1) is 26.4. The molecule has 2 N–H and O–H groups in total. The van der Waals surface area contributed by atoms with E-state index in [0.717, 1.165) is 19.1 Å². The number of amides is 1. The molecule has 0 unspecified atom stereocenters. The van der Waals surface area contributed by atoms with E-state index in [1.165, 1.54) is 24.7 Å². The number of benzene rings is 2. The normalized spacial score (nSPS) is 13.6. The third kappa shape index (κ3) is 6.15. The molecule has 1 atom stereocenters. The highest BCUT2D eigenvalue weighted by Gasteiger charge is 2.38. The molecule has 0 fully saturated rings. The fraction of sp³-hybridized carbons (Fsp3) is 0.316. The zero-order valence-corrected chi connectivity index (χ0v) is 17.8. The molecular weight excluding hydrogens is 482 g/mol.